The molecule has 102 valence electrons. The van der Waals surface area contributed by atoms with Gasteiger partial charge in [0.2, 0.25) is 0 Å². The van der Waals surface area contributed by atoms with Crippen LogP contribution in [-0.4, -0.2) is 24.2 Å². The summed E-state index contributed by atoms with van der Waals surface area (Å²) in [5.74, 6) is 0. The second kappa shape index (κ2) is 6.86. The summed E-state index contributed by atoms with van der Waals surface area (Å²) in [6.45, 7) is 9.51. The van der Waals surface area contributed by atoms with Gasteiger partial charge in [0.05, 0.1) is 5.60 Å². The Bertz CT molecular complexity index is 363. The first kappa shape index (κ1) is 15.1. The molecule has 0 aromatic carbocycles. The normalized spacial score (nSPS) is 13.6. The molecule has 18 heavy (non-hydrogen) atoms. The van der Waals surface area contributed by atoms with E-state index in [0.717, 1.165) is 19.4 Å². The molecule has 1 N–H and O–H groups in total. The third-order valence-electron chi connectivity index (χ3n) is 3.49. The van der Waals surface area contributed by atoms with Gasteiger partial charge in [0, 0.05) is 25.5 Å². The number of hydrogen-bond donors (Lipinski definition) is 1. The van der Waals surface area contributed by atoms with Crippen LogP contribution in [-0.2, 0) is 4.74 Å². The van der Waals surface area contributed by atoms with E-state index in [9.17, 15) is 0 Å². The summed E-state index contributed by atoms with van der Waals surface area (Å²) in [4.78, 5) is 4.24. The Kier molecular flexibility index (Phi) is 5.76. The molecule has 0 spiro atoms. The molecule has 0 amide bonds. The minimum Gasteiger partial charge on any atom is -0.379 e. The van der Waals surface area contributed by atoms with Crippen molar-refractivity contribution in [1.29, 1.82) is 0 Å². The van der Waals surface area contributed by atoms with E-state index in [2.05, 4.69) is 44.1 Å². The predicted molar refractivity (Wildman–Crippen MR) is 75.7 cm³/mol. The van der Waals surface area contributed by atoms with E-state index in [1.54, 1.807) is 7.11 Å². The summed E-state index contributed by atoms with van der Waals surface area (Å²) in [7, 11) is 1.78. The van der Waals surface area contributed by atoms with Crippen LogP contribution in [0.2, 0.25) is 0 Å². The first-order chi connectivity index (χ1) is 8.50. The van der Waals surface area contributed by atoms with Gasteiger partial charge in [-0.05, 0) is 57.4 Å². The van der Waals surface area contributed by atoms with Gasteiger partial charge in [0.25, 0.3) is 0 Å². The number of rotatable bonds is 7. The van der Waals surface area contributed by atoms with Crippen LogP contribution in [0.3, 0.4) is 0 Å². The fraction of sp³-hybridized carbons (Fsp3) is 0.667. The van der Waals surface area contributed by atoms with E-state index in [4.69, 9.17) is 4.74 Å². The van der Waals surface area contributed by atoms with Crippen LogP contribution in [0.5, 0.6) is 0 Å². The molecule has 0 aliphatic carbocycles. The number of aromatic nitrogens is 1. The first-order valence-corrected chi connectivity index (χ1v) is 6.69. The van der Waals surface area contributed by atoms with Crippen molar-refractivity contribution in [2.45, 2.75) is 52.2 Å². The molecule has 0 aliphatic heterocycles. The van der Waals surface area contributed by atoms with Gasteiger partial charge in [-0.15, -0.1) is 0 Å². The maximum Gasteiger partial charge on any atom is 0.0623 e. The summed E-state index contributed by atoms with van der Waals surface area (Å²) < 4.78 is 5.49. The number of nitrogens with one attached hydrogen (secondary N) is 1. The topological polar surface area (TPSA) is 34.1 Å². The van der Waals surface area contributed by atoms with E-state index in [1.165, 1.54) is 11.1 Å². The lowest BCUT2D eigenvalue weighted by Gasteiger charge is -2.27. The van der Waals surface area contributed by atoms with Crippen molar-refractivity contribution in [1.82, 2.24) is 10.3 Å². The van der Waals surface area contributed by atoms with E-state index in [-0.39, 0.29) is 5.60 Å². The molecular weight excluding hydrogens is 224 g/mol. The summed E-state index contributed by atoms with van der Waals surface area (Å²) in [6.07, 6.45) is 5.90. The zero-order chi connectivity index (χ0) is 13.6. The second-order valence-electron chi connectivity index (χ2n) is 5.35. The first-order valence-electron chi connectivity index (χ1n) is 6.69. The highest BCUT2D eigenvalue weighted by atomic mass is 16.5. The Morgan fingerprint density at radius 1 is 1.44 bits per heavy atom. The standard InChI is InChI=1S/C15H26N2O/c1-6-17-14(7-9-15(3,4)18-5)13-11-16-10-8-12(13)2/h8,10-11,14,17H,6-7,9H2,1-5H3. The quantitative estimate of drug-likeness (QED) is 0.806. The summed E-state index contributed by atoms with van der Waals surface area (Å²) >= 11 is 0. The number of nitrogens with zero attached hydrogens (tertiary/aromatic N) is 1. The van der Waals surface area contributed by atoms with E-state index >= 15 is 0 Å². The highest BCUT2D eigenvalue weighted by molar-refractivity contribution is 5.25. The Morgan fingerprint density at radius 3 is 2.72 bits per heavy atom. The summed E-state index contributed by atoms with van der Waals surface area (Å²) in [5, 5.41) is 3.54. The SMILES string of the molecule is CCNC(CCC(C)(C)OC)c1cnccc1C. The zero-order valence-electron chi connectivity index (χ0n) is 12.3. The molecule has 1 rings (SSSR count). The van der Waals surface area contributed by atoms with E-state index in [0.29, 0.717) is 6.04 Å². The minimum atomic E-state index is -0.0657. The molecule has 0 radical (unpaired) electrons. The van der Waals surface area contributed by atoms with Crippen LogP contribution in [0.4, 0.5) is 0 Å². The lowest BCUT2D eigenvalue weighted by molar-refractivity contribution is 0.0117. The highest BCUT2D eigenvalue weighted by Crippen LogP contribution is 2.25. The molecule has 0 saturated heterocycles. The van der Waals surface area contributed by atoms with Crippen molar-refractivity contribution < 1.29 is 4.74 Å². The predicted octanol–water partition coefficient (Wildman–Crippen LogP) is 3.25. The molecule has 1 atom stereocenters. The molecular formula is C15H26N2O. The second-order valence-corrected chi connectivity index (χ2v) is 5.35. The Balaban J connectivity index is 2.75. The number of pyridine rings is 1. The van der Waals surface area contributed by atoms with Crippen LogP contribution in [0.1, 0.15) is 50.8 Å². The van der Waals surface area contributed by atoms with Crippen molar-refractivity contribution in [3.63, 3.8) is 0 Å². The molecule has 1 heterocycles. The Morgan fingerprint density at radius 2 is 2.17 bits per heavy atom. The van der Waals surface area contributed by atoms with E-state index in [1.807, 2.05) is 12.4 Å². The van der Waals surface area contributed by atoms with Gasteiger partial charge >= 0.3 is 0 Å². The molecule has 1 aromatic rings. The Hall–Kier alpha value is -0.930. The lowest BCUT2D eigenvalue weighted by Crippen LogP contribution is -2.27. The van der Waals surface area contributed by atoms with Gasteiger partial charge in [-0.3, -0.25) is 4.98 Å². The maximum atomic E-state index is 5.49. The molecule has 3 heteroatoms. The third-order valence-corrected chi connectivity index (χ3v) is 3.49. The van der Waals surface area contributed by atoms with Crippen LogP contribution in [0.15, 0.2) is 18.5 Å². The highest BCUT2D eigenvalue weighted by Gasteiger charge is 2.20. The van der Waals surface area contributed by atoms with Gasteiger partial charge < -0.3 is 10.1 Å². The van der Waals surface area contributed by atoms with Crippen molar-refractivity contribution in [3.8, 4) is 0 Å². The monoisotopic (exact) mass is 250 g/mol. The summed E-state index contributed by atoms with van der Waals surface area (Å²) in [5.41, 5.74) is 2.53. The zero-order valence-corrected chi connectivity index (χ0v) is 12.3. The summed E-state index contributed by atoms with van der Waals surface area (Å²) in [6, 6.07) is 2.43. The van der Waals surface area contributed by atoms with Gasteiger partial charge in [-0.25, -0.2) is 0 Å². The minimum absolute atomic E-state index is 0.0657. The molecule has 1 unspecified atom stereocenters. The smallest absolute Gasteiger partial charge is 0.0623 e. The third kappa shape index (κ3) is 4.39. The van der Waals surface area contributed by atoms with Gasteiger partial charge in [0.15, 0.2) is 0 Å². The van der Waals surface area contributed by atoms with Gasteiger partial charge in [-0.1, -0.05) is 6.92 Å². The molecule has 0 saturated carbocycles. The van der Waals surface area contributed by atoms with Crippen molar-refractivity contribution in [3.05, 3.63) is 29.6 Å². The largest absolute Gasteiger partial charge is 0.379 e. The number of methoxy groups -OCH3 is 1. The van der Waals surface area contributed by atoms with Crippen LogP contribution < -0.4 is 5.32 Å². The average Bonchev–Trinajstić information content (AvgIpc) is 2.35. The maximum absolute atomic E-state index is 5.49. The number of hydrogen-bond acceptors (Lipinski definition) is 3. The fourth-order valence-corrected chi connectivity index (χ4v) is 2.05. The van der Waals surface area contributed by atoms with Crippen LogP contribution in [0, 0.1) is 6.92 Å². The molecule has 1 aromatic heterocycles. The van der Waals surface area contributed by atoms with Crippen molar-refractivity contribution in [2.24, 2.45) is 0 Å². The molecule has 0 fully saturated rings. The Labute approximate surface area is 111 Å². The van der Waals surface area contributed by atoms with Gasteiger partial charge in [0.1, 0.15) is 0 Å². The van der Waals surface area contributed by atoms with E-state index < -0.39 is 0 Å². The van der Waals surface area contributed by atoms with Gasteiger partial charge in [-0.2, -0.15) is 0 Å². The molecule has 0 aliphatic rings. The number of ether oxygens (including phenoxy) is 1. The number of aryl methyl sites for hydroxylation is 1. The fourth-order valence-electron chi connectivity index (χ4n) is 2.05. The van der Waals surface area contributed by atoms with Crippen LogP contribution in [0.25, 0.3) is 0 Å². The van der Waals surface area contributed by atoms with Crippen molar-refractivity contribution in [2.75, 3.05) is 13.7 Å². The average molecular weight is 250 g/mol. The lowest BCUT2D eigenvalue weighted by atomic mass is 9.94. The molecule has 3 nitrogen and oxygen atoms in total. The van der Waals surface area contributed by atoms with Crippen molar-refractivity contribution >= 4 is 0 Å². The molecule has 0 bridgehead atoms. The van der Waals surface area contributed by atoms with Crippen LogP contribution >= 0.6 is 0 Å².